The first-order chi connectivity index (χ1) is 8.66. The predicted molar refractivity (Wildman–Crippen MR) is 76.0 cm³/mol. The van der Waals surface area contributed by atoms with Gasteiger partial charge in [-0.3, -0.25) is 9.78 Å². The van der Waals surface area contributed by atoms with Crippen LogP contribution in [0, 0.1) is 6.92 Å². The lowest BCUT2D eigenvalue weighted by molar-refractivity contribution is 0.0934. The summed E-state index contributed by atoms with van der Waals surface area (Å²) in [4.78, 5) is 16.6. The first-order valence-corrected chi connectivity index (χ1v) is 7.45. The van der Waals surface area contributed by atoms with Crippen molar-refractivity contribution in [2.45, 2.75) is 49.9 Å². The first-order valence-electron chi connectivity index (χ1n) is 6.53. The third kappa shape index (κ3) is 3.55. The van der Waals surface area contributed by atoms with Crippen LogP contribution >= 0.6 is 15.9 Å². The molecule has 1 aromatic rings. The lowest BCUT2D eigenvalue weighted by Gasteiger charge is -2.21. The molecule has 3 nitrogen and oxygen atoms in total. The van der Waals surface area contributed by atoms with Gasteiger partial charge in [0.2, 0.25) is 0 Å². The van der Waals surface area contributed by atoms with Crippen LogP contribution in [0.1, 0.15) is 48.0 Å². The van der Waals surface area contributed by atoms with Crippen molar-refractivity contribution in [1.82, 2.24) is 10.3 Å². The number of aromatic nitrogens is 1. The summed E-state index contributed by atoms with van der Waals surface area (Å²) in [6, 6.07) is 2.11. The molecule has 1 aromatic heterocycles. The molecule has 98 valence electrons. The Bertz CT molecular complexity index is 422. The largest absolute Gasteiger partial charge is 0.348 e. The number of hydrogen-bond donors (Lipinski definition) is 1. The van der Waals surface area contributed by atoms with Crippen LogP contribution in [0.25, 0.3) is 0 Å². The molecule has 2 atom stereocenters. The maximum atomic E-state index is 12.2. The van der Waals surface area contributed by atoms with Gasteiger partial charge in [0, 0.05) is 23.3 Å². The van der Waals surface area contributed by atoms with E-state index in [1.54, 1.807) is 12.4 Å². The van der Waals surface area contributed by atoms with Crippen molar-refractivity contribution >= 4 is 21.8 Å². The molecular formula is C14H19BrN2O. The van der Waals surface area contributed by atoms with Crippen molar-refractivity contribution < 1.29 is 4.79 Å². The zero-order chi connectivity index (χ0) is 13.0. The van der Waals surface area contributed by atoms with E-state index in [9.17, 15) is 4.79 Å². The highest BCUT2D eigenvalue weighted by molar-refractivity contribution is 9.09. The van der Waals surface area contributed by atoms with Crippen molar-refractivity contribution in [3.05, 3.63) is 29.6 Å². The van der Waals surface area contributed by atoms with Crippen LogP contribution in [0.5, 0.6) is 0 Å². The Hall–Kier alpha value is -0.900. The fraction of sp³-hybridized carbons (Fsp3) is 0.571. The second-order valence-electron chi connectivity index (χ2n) is 4.98. The second-order valence-corrected chi connectivity index (χ2v) is 6.16. The molecule has 18 heavy (non-hydrogen) atoms. The van der Waals surface area contributed by atoms with Crippen LogP contribution in [0.4, 0.5) is 0 Å². The summed E-state index contributed by atoms with van der Waals surface area (Å²) in [7, 11) is 0. The highest BCUT2D eigenvalue weighted by atomic mass is 79.9. The van der Waals surface area contributed by atoms with Gasteiger partial charge in [-0.05, 0) is 31.4 Å². The molecule has 4 heteroatoms. The molecule has 0 bridgehead atoms. The van der Waals surface area contributed by atoms with Gasteiger partial charge < -0.3 is 5.32 Å². The van der Waals surface area contributed by atoms with E-state index in [1.807, 2.05) is 13.0 Å². The van der Waals surface area contributed by atoms with Crippen LogP contribution in [0.15, 0.2) is 18.5 Å². The molecule has 2 unspecified atom stereocenters. The van der Waals surface area contributed by atoms with Crippen molar-refractivity contribution in [2.75, 3.05) is 0 Å². The standard InChI is InChI=1S/C14H19BrN2O/c1-10-7-11(9-16-8-10)14(18)17-13-6-4-2-3-5-12(13)15/h7-9,12-13H,2-6H2,1H3,(H,17,18). The Kier molecular flexibility index (Phi) is 4.75. The molecule has 1 heterocycles. The van der Waals surface area contributed by atoms with Gasteiger partial charge in [-0.25, -0.2) is 0 Å². The number of carbonyl (C=O) groups excluding carboxylic acids is 1. The lowest BCUT2D eigenvalue weighted by atomic mass is 10.1. The SMILES string of the molecule is Cc1cncc(C(=O)NC2CCCCCC2Br)c1. The van der Waals surface area contributed by atoms with Crippen LogP contribution in [-0.2, 0) is 0 Å². The number of aryl methyl sites for hydroxylation is 1. The molecule has 1 N–H and O–H groups in total. The second kappa shape index (κ2) is 6.32. The minimum absolute atomic E-state index is 0.0115. The zero-order valence-electron chi connectivity index (χ0n) is 10.7. The molecule has 1 amide bonds. The van der Waals surface area contributed by atoms with E-state index >= 15 is 0 Å². The third-order valence-electron chi connectivity index (χ3n) is 3.39. The number of nitrogens with one attached hydrogen (secondary N) is 1. The quantitative estimate of drug-likeness (QED) is 0.673. The molecule has 0 aromatic carbocycles. The van der Waals surface area contributed by atoms with Gasteiger partial charge >= 0.3 is 0 Å². The van der Waals surface area contributed by atoms with Crippen molar-refractivity contribution in [1.29, 1.82) is 0 Å². The number of nitrogens with zero attached hydrogens (tertiary/aromatic N) is 1. The molecule has 1 saturated carbocycles. The Morgan fingerprint density at radius 2 is 2.11 bits per heavy atom. The molecule has 1 aliphatic rings. The van der Waals surface area contributed by atoms with E-state index in [2.05, 4.69) is 26.2 Å². The molecule has 0 aliphatic heterocycles. The molecule has 1 fully saturated rings. The highest BCUT2D eigenvalue weighted by Gasteiger charge is 2.23. The Morgan fingerprint density at radius 3 is 2.89 bits per heavy atom. The van der Waals surface area contributed by atoms with Gasteiger partial charge in [-0.2, -0.15) is 0 Å². The smallest absolute Gasteiger partial charge is 0.253 e. The predicted octanol–water partition coefficient (Wildman–Crippen LogP) is 3.22. The summed E-state index contributed by atoms with van der Waals surface area (Å²) in [6.07, 6.45) is 9.28. The van der Waals surface area contributed by atoms with Crippen LogP contribution in [0.3, 0.4) is 0 Å². The molecular weight excluding hydrogens is 292 g/mol. The van der Waals surface area contributed by atoms with Gasteiger partial charge in [-0.15, -0.1) is 0 Å². The van der Waals surface area contributed by atoms with E-state index < -0.39 is 0 Å². The highest BCUT2D eigenvalue weighted by Crippen LogP contribution is 2.24. The number of rotatable bonds is 2. The van der Waals surface area contributed by atoms with Gasteiger partial charge in [0.15, 0.2) is 0 Å². The zero-order valence-corrected chi connectivity index (χ0v) is 12.2. The minimum atomic E-state index is -0.0115. The molecule has 0 radical (unpaired) electrons. The van der Waals surface area contributed by atoms with Crippen LogP contribution in [-0.4, -0.2) is 21.8 Å². The van der Waals surface area contributed by atoms with Crippen LogP contribution < -0.4 is 5.32 Å². The number of hydrogen-bond acceptors (Lipinski definition) is 2. The van der Waals surface area contributed by atoms with Crippen molar-refractivity contribution in [2.24, 2.45) is 0 Å². The third-order valence-corrected chi connectivity index (χ3v) is 4.48. The van der Waals surface area contributed by atoms with Crippen LogP contribution in [0.2, 0.25) is 0 Å². The van der Waals surface area contributed by atoms with E-state index in [0.717, 1.165) is 18.4 Å². The fourth-order valence-electron chi connectivity index (χ4n) is 2.36. The van der Waals surface area contributed by atoms with E-state index in [0.29, 0.717) is 10.4 Å². The lowest BCUT2D eigenvalue weighted by Crippen LogP contribution is -2.40. The van der Waals surface area contributed by atoms with Crippen molar-refractivity contribution in [3.8, 4) is 0 Å². The monoisotopic (exact) mass is 310 g/mol. The number of pyridine rings is 1. The average molecular weight is 311 g/mol. The number of amides is 1. The normalized spacial score (nSPS) is 24.3. The molecule has 1 aliphatic carbocycles. The van der Waals surface area contributed by atoms with Gasteiger partial charge in [0.1, 0.15) is 0 Å². The summed E-state index contributed by atoms with van der Waals surface area (Å²) in [5.41, 5.74) is 1.66. The van der Waals surface area contributed by atoms with Crippen molar-refractivity contribution in [3.63, 3.8) is 0 Å². The number of alkyl halides is 1. The maximum absolute atomic E-state index is 12.2. The molecule has 0 spiro atoms. The van der Waals surface area contributed by atoms with Gasteiger partial charge in [0.25, 0.3) is 5.91 Å². The van der Waals surface area contributed by atoms with E-state index in [4.69, 9.17) is 0 Å². The summed E-state index contributed by atoms with van der Waals surface area (Å²) in [5.74, 6) is -0.0115. The summed E-state index contributed by atoms with van der Waals surface area (Å²) in [6.45, 7) is 1.95. The minimum Gasteiger partial charge on any atom is -0.348 e. The molecule has 0 saturated heterocycles. The Morgan fingerprint density at radius 1 is 1.33 bits per heavy atom. The summed E-state index contributed by atoms with van der Waals surface area (Å²) in [5, 5.41) is 3.13. The summed E-state index contributed by atoms with van der Waals surface area (Å²) >= 11 is 3.69. The van der Waals surface area contributed by atoms with Gasteiger partial charge in [-0.1, -0.05) is 35.2 Å². The number of halogens is 1. The Labute approximate surface area is 117 Å². The maximum Gasteiger partial charge on any atom is 0.253 e. The molecule has 2 rings (SSSR count). The average Bonchev–Trinajstić information content (AvgIpc) is 2.55. The summed E-state index contributed by atoms with van der Waals surface area (Å²) < 4.78 is 0. The number of carbonyl (C=O) groups is 1. The van der Waals surface area contributed by atoms with E-state index in [-0.39, 0.29) is 11.9 Å². The van der Waals surface area contributed by atoms with Gasteiger partial charge in [0.05, 0.1) is 5.56 Å². The Balaban J connectivity index is 2.01. The fourth-order valence-corrected chi connectivity index (χ4v) is 3.08. The first kappa shape index (κ1) is 13.5. The topological polar surface area (TPSA) is 42.0 Å². The van der Waals surface area contributed by atoms with E-state index in [1.165, 1.54) is 19.3 Å².